The number of halogens is 1. The summed E-state index contributed by atoms with van der Waals surface area (Å²) >= 11 is 6.38. The largest absolute Gasteiger partial charge is 0.461 e. The summed E-state index contributed by atoms with van der Waals surface area (Å²) in [4.78, 5) is 41.0. The summed E-state index contributed by atoms with van der Waals surface area (Å²) < 4.78 is 6.49. The molecule has 1 aromatic heterocycles. The molecule has 1 aliphatic heterocycles. The molecule has 0 spiro atoms. The number of carbonyl (C=O) groups excluding carboxylic acids is 3. The van der Waals surface area contributed by atoms with E-state index < -0.39 is 11.5 Å². The highest BCUT2D eigenvalue weighted by atomic mass is 35.5. The smallest absolute Gasteiger partial charge is 0.358 e. The number of hydrogen-bond acceptors (Lipinski definition) is 5. The van der Waals surface area contributed by atoms with Crippen LogP contribution in [0.2, 0.25) is 5.02 Å². The van der Waals surface area contributed by atoms with Gasteiger partial charge in [0.25, 0.3) is 5.91 Å². The van der Waals surface area contributed by atoms with Crippen molar-refractivity contribution < 1.29 is 19.1 Å². The number of nitrogens with zero attached hydrogens (tertiary/aromatic N) is 3. The molecule has 0 unspecified atom stereocenters. The molecule has 1 atom stereocenters. The van der Waals surface area contributed by atoms with Crippen LogP contribution in [-0.4, -0.2) is 50.7 Å². The van der Waals surface area contributed by atoms with E-state index in [-0.39, 0.29) is 48.9 Å². The topological polar surface area (TPSA) is 93.5 Å². The predicted octanol–water partition coefficient (Wildman–Crippen LogP) is 3.58. The summed E-state index contributed by atoms with van der Waals surface area (Å²) in [5, 5.41) is 7.97. The van der Waals surface area contributed by atoms with Crippen LogP contribution in [0.1, 0.15) is 72.5 Å². The highest BCUT2D eigenvalue weighted by Crippen LogP contribution is 2.31. The Morgan fingerprint density at radius 2 is 1.97 bits per heavy atom. The maximum atomic E-state index is 13.6. The van der Waals surface area contributed by atoms with E-state index in [0.717, 1.165) is 31.2 Å². The highest BCUT2D eigenvalue weighted by molar-refractivity contribution is 6.31. The van der Waals surface area contributed by atoms with Gasteiger partial charge in [0.15, 0.2) is 5.69 Å². The van der Waals surface area contributed by atoms with Gasteiger partial charge < -0.3 is 15.0 Å². The molecule has 0 saturated heterocycles. The lowest BCUT2D eigenvalue weighted by atomic mass is 9.91. The molecule has 2 aromatic rings. The van der Waals surface area contributed by atoms with Crippen LogP contribution in [0.3, 0.4) is 0 Å². The number of ether oxygens (including phenoxy) is 1. The molecule has 0 radical (unpaired) electrons. The quantitative estimate of drug-likeness (QED) is 0.648. The third-order valence-electron chi connectivity index (χ3n) is 6.50. The van der Waals surface area contributed by atoms with Crippen molar-refractivity contribution in [2.45, 2.75) is 70.6 Å². The van der Waals surface area contributed by atoms with Gasteiger partial charge in [0.1, 0.15) is 11.2 Å². The number of fused-ring (bicyclic) bond motifs is 1. The molecule has 1 aromatic carbocycles. The van der Waals surface area contributed by atoms with Crippen LogP contribution in [0.4, 0.5) is 0 Å². The average Bonchev–Trinajstić information content (AvgIpc) is 3.23. The number of nitrogens with one attached hydrogen (secondary N) is 1. The zero-order valence-electron chi connectivity index (χ0n) is 19.0. The molecule has 8 nitrogen and oxygen atoms in total. The van der Waals surface area contributed by atoms with Crippen LogP contribution in [0.5, 0.6) is 0 Å². The van der Waals surface area contributed by atoms with Crippen molar-refractivity contribution >= 4 is 29.4 Å². The number of amides is 2. The number of aromatic nitrogens is 2. The fraction of sp³-hybridized carbons (Fsp3) is 0.500. The van der Waals surface area contributed by atoms with Crippen LogP contribution in [0, 0.1) is 0 Å². The Morgan fingerprint density at radius 3 is 2.67 bits per heavy atom. The van der Waals surface area contributed by atoms with Gasteiger partial charge in [0.2, 0.25) is 5.91 Å². The van der Waals surface area contributed by atoms with E-state index in [0.29, 0.717) is 5.02 Å². The Labute approximate surface area is 198 Å². The second-order valence-electron chi connectivity index (χ2n) is 8.86. The Bertz CT molecular complexity index is 1060. The Kier molecular flexibility index (Phi) is 6.74. The molecule has 1 N–H and O–H groups in total. The van der Waals surface area contributed by atoms with Crippen molar-refractivity contribution in [3.8, 4) is 0 Å². The third-order valence-corrected chi connectivity index (χ3v) is 6.87. The Balaban J connectivity index is 1.70. The maximum Gasteiger partial charge on any atom is 0.358 e. The lowest BCUT2D eigenvalue weighted by Gasteiger charge is -2.44. The van der Waals surface area contributed by atoms with Gasteiger partial charge in [-0.1, -0.05) is 49.1 Å². The first kappa shape index (κ1) is 23.3. The van der Waals surface area contributed by atoms with Crippen molar-refractivity contribution in [3.63, 3.8) is 0 Å². The van der Waals surface area contributed by atoms with E-state index in [2.05, 4.69) is 10.4 Å². The van der Waals surface area contributed by atoms with E-state index in [1.807, 2.05) is 18.2 Å². The Morgan fingerprint density at radius 1 is 1.24 bits per heavy atom. The SMILES string of the molecule is CCOC(=O)c1cc2n(n1)C[C@@](C)(C(=O)NC1CCCCC1)N(Cc1ccccc1Cl)C2=O. The van der Waals surface area contributed by atoms with Crippen molar-refractivity contribution in [1.82, 2.24) is 20.0 Å². The fourth-order valence-electron chi connectivity index (χ4n) is 4.58. The third kappa shape index (κ3) is 4.62. The average molecular weight is 473 g/mol. The zero-order chi connectivity index (χ0) is 23.6. The normalized spacial score (nSPS) is 20.9. The Hall–Kier alpha value is -2.87. The molecule has 2 heterocycles. The minimum Gasteiger partial charge on any atom is -0.461 e. The summed E-state index contributed by atoms with van der Waals surface area (Å²) in [6.45, 7) is 3.93. The van der Waals surface area contributed by atoms with Gasteiger partial charge in [-0.15, -0.1) is 0 Å². The standard InChI is InChI=1S/C24H29ClN4O4/c1-3-33-22(31)19-13-20-21(30)28(14-16-9-7-8-12-18(16)25)24(2,15-29(20)27-19)23(32)26-17-10-5-4-6-11-17/h7-9,12-13,17H,3-6,10-11,14-15H2,1-2H3,(H,26,32)/t24-/m0/s1. The summed E-state index contributed by atoms with van der Waals surface area (Å²) in [6.07, 6.45) is 5.20. The lowest BCUT2D eigenvalue weighted by molar-refractivity contribution is -0.134. The monoisotopic (exact) mass is 472 g/mol. The molecular formula is C24H29ClN4O4. The predicted molar refractivity (Wildman–Crippen MR) is 123 cm³/mol. The van der Waals surface area contributed by atoms with Crippen LogP contribution in [-0.2, 0) is 22.6 Å². The fourth-order valence-corrected chi connectivity index (χ4v) is 4.77. The van der Waals surface area contributed by atoms with E-state index in [9.17, 15) is 14.4 Å². The molecule has 176 valence electrons. The summed E-state index contributed by atoms with van der Waals surface area (Å²) in [5.74, 6) is -1.21. The molecule has 2 aliphatic rings. The molecule has 33 heavy (non-hydrogen) atoms. The van der Waals surface area contributed by atoms with E-state index in [1.165, 1.54) is 17.2 Å². The number of esters is 1. The van der Waals surface area contributed by atoms with Crippen LogP contribution >= 0.6 is 11.6 Å². The van der Waals surface area contributed by atoms with Gasteiger partial charge >= 0.3 is 5.97 Å². The lowest BCUT2D eigenvalue weighted by Crippen LogP contribution is -2.64. The van der Waals surface area contributed by atoms with Gasteiger partial charge in [0, 0.05) is 23.7 Å². The van der Waals surface area contributed by atoms with Crippen molar-refractivity contribution in [2.75, 3.05) is 6.61 Å². The first-order valence-corrected chi connectivity index (χ1v) is 11.8. The first-order valence-electron chi connectivity index (χ1n) is 11.4. The van der Waals surface area contributed by atoms with Crippen molar-refractivity contribution in [1.29, 1.82) is 0 Å². The number of hydrogen-bond donors (Lipinski definition) is 1. The van der Waals surface area contributed by atoms with Crippen molar-refractivity contribution in [3.05, 3.63) is 52.3 Å². The molecular weight excluding hydrogens is 444 g/mol. The molecule has 2 amide bonds. The van der Waals surface area contributed by atoms with Crippen LogP contribution in [0.15, 0.2) is 30.3 Å². The van der Waals surface area contributed by atoms with Gasteiger partial charge in [0.05, 0.1) is 13.2 Å². The first-order chi connectivity index (χ1) is 15.8. The second kappa shape index (κ2) is 9.55. The van der Waals surface area contributed by atoms with Crippen LogP contribution < -0.4 is 5.32 Å². The molecule has 1 saturated carbocycles. The summed E-state index contributed by atoms with van der Waals surface area (Å²) in [7, 11) is 0. The second-order valence-corrected chi connectivity index (χ2v) is 9.27. The molecule has 1 aliphatic carbocycles. The van der Waals surface area contributed by atoms with Gasteiger partial charge in [-0.2, -0.15) is 5.10 Å². The summed E-state index contributed by atoms with van der Waals surface area (Å²) in [6, 6.07) is 8.78. The van der Waals surface area contributed by atoms with Gasteiger partial charge in [-0.3, -0.25) is 14.3 Å². The minimum absolute atomic E-state index is 0.0508. The zero-order valence-corrected chi connectivity index (χ0v) is 19.7. The number of rotatable bonds is 6. The maximum absolute atomic E-state index is 13.6. The molecule has 4 rings (SSSR count). The summed E-state index contributed by atoms with van der Waals surface area (Å²) in [5.41, 5.74) is -0.177. The van der Waals surface area contributed by atoms with Gasteiger partial charge in [-0.25, -0.2) is 4.79 Å². The van der Waals surface area contributed by atoms with Crippen molar-refractivity contribution in [2.24, 2.45) is 0 Å². The number of carbonyl (C=O) groups is 3. The van der Waals surface area contributed by atoms with E-state index in [4.69, 9.17) is 16.3 Å². The minimum atomic E-state index is -1.21. The highest BCUT2D eigenvalue weighted by Gasteiger charge is 2.48. The molecule has 1 fully saturated rings. The number of benzene rings is 1. The van der Waals surface area contributed by atoms with Crippen LogP contribution in [0.25, 0.3) is 0 Å². The van der Waals surface area contributed by atoms with Gasteiger partial charge in [-0.05, 0) is 38.3 Å². The van der Waals surface area contributed by atoms with E-state index >= 15 is 0 Å². The molecule has 0 bridgehead atoms. The molecule has 9 heteroatoms. The van der Waals surface area contributed by atoms with E-state index in [1.54, 1.807) is 24.8 Å².